The maximum atomic E-state index is 14.2. The van der Waals surface area contributed by atoms with Crippen LogP contribution in [-0.2, 0) is 0 Å². The summed E-state index contributed by atoms with van der Waals surface area (Å²) in [5, 5.41) is 3.18. The highest BCUT2D eigenvalue weighted by atomic mass is 32.1. The summed E-state index contributed by atoms with van der Waals surface area (Å²) in [6, 6.07) is 6.23. The van der Waals surface area contributed by atoms with E-state index in [1.54, 1.807) is 30.5 Å². The highest BCUT2D eigenvalue weighted by Crippen LogP contribution is 2.30. The standard InChI is InChI=1S/C21H20F2N2O2S/c1-13(22)2-3-14(10-24)19-9-17(15-6-7-26-12-15)21(11-25-19)27-20-5-4-16(28)8-18(20)23/h2-10,12-13,25,28H,11,24H2,1H3/b3-2-,14-10+. The van der Waals surface area contributed by atoms with Crippen molar-refractivity contribution >= 4 is 18.2 Å². The van der Waals surface area contributed by atoms with Gasteiger partial charge in [-0.15, -0.1) is 12.6 Å². The highest BCUT2D eigenvalue weighted by Gasteiger charge is 2.20. The van der Waals surface area contributed by atoms with Gasteiger partial charge >= 0.3 is 0 Å². The van der Waals surface area contributed by atoms with Crippen molar-refractivity contribution in [2.75, 3.05) is 6.54 Å². The minimum atomic E-state index is -1.10. The van der Waals surface area contributed by atoms with Crippen LogP contribution in [0.5, 0.6) is 5.75 Å². The lowest BCUT2D eigenvalue weighted by Crippen LogP contribution is -2.25. The predicted molar refractivity (Wildman–Crippen MR) is 108 cm³/mol. The first kappa shape index (κ1) is 19.8. The molecule has 2 heterocycles. The number of hydrogen-bond donors (Lipinski definition) is 3. The maximum Gasteiger partial charge on any atom is 0.166 e. The highest BCUT2D eigenvalue weighted by molar-refractivity contribution is 7.80. The van der Waals surface area contributed by atoms with E-state index in [0.29, 0.717) is 27.5 Å². The van der Waals surface area contributed by atoms with Crippen LogP contribution >= 0.6 is 12.6 Å². The summed E-state index contributed by atoms with van der Waals surface area (Å²) in [5.74, 6) is 0.0899. The molecule has 0 saturated heterocycles. The number of benzene rings is 1. The van der Waals surface area contributed by atoms with E-state index in [4.69, 9.17) is 14.9 Å². The number of rotatable bonds is 6. The first-order valence-electron chi connectivity index (χ1n) is 8.60. The molecule has 7 heteroatoms. The molecular formula is C21H20F2N2O2S. The Morgan fingerprint density at radius 3 is 2.86 bits per heavy atom. The van der Waals surface area contributed by atoms with Crippen LogP contribution < -0.4 is 15.8 Å². The summed E-state index contributed by atoms with van der Waals surface area (Å²) in [6.07, 6.45) is 8.21. The van der Waals surface area contributed by atoms with Gasteiger partial charge in [-0.3, -0.25) is 0 Å². The Labute approximate surface area is 167 Å². The molecule has 1 aromatic carbocycles. The maximum absolute atomic E-state index is 14.2. The number of ether oxygens (including phenoxy) is 1. The summed E-state index contributed by atoms with van der Waals surface area (Å²) in [6.45, 7) is 1.71. The fourth-order valence-corrected chi connectivity index (χ4v) is 2.85. The van der Waals surface area contributed by atoms with Gasteiger partial charge in [0.15, 0.2) is 11.6 Å². The summed E-state index contributed by atoms with van der Waals surface area (Å²) in [4.78, 5) is 0.504. The third kappa shape index (κ3) is 4.67. The zero-order valence-electron chi connectivity index (χ0n) is 15.2. The molecule has 0 fully saturated rings. The molecule has 1 unspecified atom stereocenters. The van der Waals surface area contributed by atoms with Gasteiger partial charge in [-0.2, -0.15) is 0 Å². The molecule has 0 amide bonds. The zero-order chi connectivity index (χ0) is 20.1. The van der Waals surface area contributed by atoms with Crippen molar-refractivity contribution in [2.45, 2.75) is 18.0 Å². The third-order valence-electron chi connectivity index (χ3n) is 4.04. The van der Waals surface area contributed by atoms with Crippen LogP contribution in [0.25, 0.3) is 5.57 Å². The van der Waals surface area contributed by atoms with E-state index in [1.165, 1.54) is 37.6 Å². The number of hydrogen-bond acceptors (Lipinski definition) is 5. The van der Waals surface area contributed by atoms with Gasteiger partial charge in [-0.25, -0.2) is 8.78 Å². The summed E-state index contributed by atoms with van der Waals surface area (Å²) >= 11 is 4.12. The first-order valence-corrected chi connectivity index (χ1v) is 9.05. The van der Waals surface area contributed by atoms with Gasteiger partial charge in [-0.05, 0) is 37.3 Å². The van der Waals surface area contributed by atoms with Crippen LogP contribution in [-0.4, -0.2) is 12.7 Å². The third-order valence-corrected chi connectivity index (χ3v) is 4.32. The first-order chi connectivity index (χ1) is 13.5. The minimum absolute atomic E-state index is 0.0909. The molecule has 1 aromatic heterocycles. The Balaban J connectivity index is 2.00. The summed E-state index contributed by atoms with van der Waals surface area (Å²) < 4.78 is 38.4. The number of thiol groups is 1. The lowest BCUT2D eigenvalue weighted by atomic mass is 10.0. The van der Waals surface area contributed by atoms with E-state index in [-0.39, 0.29) is 12.3 Å². The van der Waals surface area contributed by atoms with Crippen molar-refractivity contribution in [2.24, 2.45) is 5.73 Å². The molecule has 2 aromatic rings. The molecule has 28 heavy (non-hydrogen) atoms. The molecule has 0 aliphatic carbocycles. The predicted octanol–water partition coefficient (Wildman–Crippen LogP) is 4.74. The van der Waals surface area contributed by atoms with Gasteiger partial charge in [0.05, 0.1) is 19.1 Å². The van der Waals surface area contributed by atoms with E-state index < -0.39 is 12.0 Å². The Bertz CT molecular complexity index is 961. The monoisotopic (exact) mass is 402 g/mol. The van der Waals surface area contributed by atoms with Gasteiger partial charge < -0.3 is 20.2 Å². The SMILES string of the molecule is CC(F)/C=C\C(=C/N)C1=CC(c2ccoc2)=C(Oc2ccc(S)cc2F)CN1. The quantitative estimate of drug-likeness (QED) is 0.482. The number of allylic oxidation sites excluding steroid dienone is 4. The van der Waals surface area contributed by atoms with Crippen molar-refractivity contribution in [1.29, 1.82) is 0 Å². The van der Waals surface area contributed by atoms with Gasteiger partial charge in [0.1, 0.15) is 11.9 Å². The number of nitrogens with one attached hydrogen (secondary N) is 1. The Morgan fingerprint density at radius 2 is 2.21 bits per heavy atom. The van der Waals surface area contributed by atoms with Crippen LogP contribution in [0.4, 0.5) is 8.78 Å². The van der Waals surface area contributed by atoms with E-state index in [9.17, 15) is 8.78 Å². The molecule has 4 nitrogen and oxygen atoms in total. The summed E-state index contributed by atoms with van der Waals surface area (Å²) in [5.41, 5.74) is 8.49. The molecule has 1 aliphatic rings. The number of nitrogens with two attached hydrogens (primary N) is 1. The molecule has 3 rings (SSSR count). The van der Waals surface area contributed by atoms with Gasteiger partial charge in [0, 0.05) is 33.5 Å². The molecule has 0 spiro atoms. The molecule has 0 bridgehead atoms. The second kappa shape index (κ2) is 8.84. The Kier molecular flexibility index (Phi) is 6.26. The van der Waals surface area contributed by atoms with Crippen molar-refractivity contribution in [3.63, 3.8) is 0 Å². The lowest BCUT2D eigenvalue weighted by Gasteiger charge is -2.23. The van der Waals surface area contributed by atoms with Gasteiger partial charge in [0.2, 0.25) is 0 Å². The average Bonchev–Trinajstić information content (AvgIpc) is 3.19. The van der Waals surface area contributed by atoms with E-state index >= 15 is 0 Å². The fraction of sp³-hybridized carbons (Fsp3) is 0.143. The smallest absolute Gasteiger partial charge is 0.166 e. The molecular weight excluding hydrogens is 382 g/mol. The van der Waals surface area contributed by atoms with Crippen molar-refractivity contribution in [3.8, 4) is 5.75 Å². The van der Waals surface area contributed by atoms with Gasteiger partial charge in [-0.1, -0.05) is 12.2 Å². The van der Waals surface area contributed by atoms with Crippen molar-refractivity contribution in [1.82, 2.24) is 5.32 Å². The lowest BCUT2D eigenvalue weighted by molar-refractivity contribution is 0.384. The second-order valence-corrected chi connectivity index (χ2v) is 6.65. The van der Waals surface area contributed by atoms with Crippen LogP contribution in [0.15, 0.2) is 87.6 Å². The van der Waals surface area contributed by atoms with Gasteiger partial charge in [0.25, 0.3) is 0 Å². The van der Waals surface area contributed by atoms with E-state index in [1.807, 2.05) is 0 Å². The second-order valence-electron chi connectivity index (χ2n) is 6.14. The zero-order valence-corrected chi connectivity index (χ0v) is 16.0. The molecule has 146 valence electrons. The molecule has 0 saturated carbocycles. The average molecular weight is 402 g/mol. The number of alkyl halides is 1. The van der Waals surface area contributed by atoms with E-state index in [0.717, 1.165) is 5.56 Å². The largest absolute Gasteiger partial charge is 0.472 e. The van der Waals surface area contributed by atoms with Crippen LogP contribution in [0.1, 0.15) is 12.5 Å². The van der Waals surface area contributed by atoms with Crippen LogP contribution in [0, 0.1) is 5.82 Å². The van der Waals surface area contributed by atoms with Crippen molar-refractivity contribution in [3.05, 3.63) is 89.6 Å². The normalized spacial score (nSPS) is 16.1. The van der Waals surface area contributed by atoms with Crippen LogP contribution in [0.3, 0.4) is 0 Å². The molecule has 3 N–H and O–H groups in total. The Hall–Kier alpha value is -2.93. The summed E-state index contributed by atoms with van der Waals surface area (Å²) in [7, 11) is 0. The molecule has 1 atom stereocenters. The number of halogens is 2. The van der Waals surface area contributed by atoms with Crippen molar-refractivity contribution < 1.29 is 17.9 Å². The number of furan rings is 1. The minimum Gasteiger partial charge on any atom is -0.472 e. The number of dihydropyridines is 1. The topological polar surface area (TPSA) is 60.4 Å². The molecule has 1 aliphatic heterocycles. The fourth-order valence-electron chi connectivity index (χ4n) is 2.66. The molecule has 0 radical (unpaired) electrons. The van der Waals surface area contributed by atoms with Crippen LogP contribution in [0.2, 0.25) is 0 Å². The van der Waals surface area contributed by atoms with E-state index in [2.05, 4.69) is 17.9 Å². The Morgan fingerprint density at radius 1 is 1.39 bits per heavy atom.